The summed E-state index contributed by atoms with van der Waals surface area (Å²) in [5, 5.41) is 11.4. The Morgan fingerprint density at radius 3 is 2.83 bits per heavy atom. The van der Waals surface area contributed by atoms with Gasteiger partial charge in [0.05, 0.1) is 17.2 Å². The van der Waals surface area contributed by atoms with Crippen LogP contribution in [0.1, 0.15) is 36.6 Å². The first-order valence-corrected chi connectivity index (χ1v) is 9.58. The van der Waals surface area contributed by atoms with E-state index in [-0.39, 0.29) is 11.8 Å². The molecule has 2 aliphatic rings. The van der Waals surface area contributed by atoms with Crippen molar-refractivity contribution in [1.82, 2.24) is 9.88 Å². The highest BCUT2D eigenvalue weighted by Crippen LogP contribution is 2.41. The van der Waals surface area contributed by atoms with E-state index >= 15 is 0 Å². The SMILES string of the molecule is CCOC(=O)N1CCC(=C2c3cc([N+](=O)[O-])ccc3OCc3cccnc32)CC1. The Morgan fingerprint density at radius 1 is 1.31 bits per heavy atom. The minimum atomic E-state index is -0.407. The number of amides is 1. The Labute approximate surface area is 167 Å². The number of hydrogen-bond acceptors (Lipinski definition) is 6. The van der Waals surface area contributed by atoms with Crippen LogP contribution in [0.5, 0.6) is 5.75 Å². The van der Waals surface area contributed by atoms with Crippen LogP contribution in [0.15, 0.2) is 42.1 Å². The number of likely N-dealkylation sites (tertiary alicyclic amines) is 1. The van der Waals surface area contributed by atoms with Crippen LogP contribution in [0, 0.1) is 10.1 Å². The summed E-state index contributed by atoms with van der Waals surface area (Å²) in [5.41, 5.74) is 4.39. The zero-order valence-electron chi connectivity index (χ0n) is 16.1. The van der Waals surface area contributed by atoms with Crippen LogP contribution < -0.4 is 4.74 Å². The second-order valence-corrected chi connectivity index (χ2v) is 6.90. The summed E-state index contributed by atoms with van der Waals surface area (Å²) in [6.45, 7) is 3.54. The second-order valence-electron chi connectivity index (χ2n) is 6.90. The van der Waals surface area contributed by atoms with Crippen LogP contribution in [0.2, 0.25) is 0 Å². The fourth-order valence-corrected chi connectivity index (χ4v) is 3.80. The molecular formula is C21H21N3O5. The van der Waals surface area contributed by atoms with Crippen molar-refractivity contribution in [1.29, 1.82) is 0 Å². The average Bonchev–Trinajstić information content (AvgIpc) is 2.90. The Hall–Kier alpha value is -3.42. The molecule has 0 unspecified atom stereocenters. The molecule has 1 saturated heterocycles. The minimum Gasteiger partial charge on any atom is -0.488 e. The van der Waals surface area contributed by atoms with Crippen LogP contribution >= 0.6 is 0 Å². The highest BCUT2D eigenvalue weighted by atomic mass is 16.6. The molecule has 29 heavy (non-hydrogen) atoms. The maximum Gasteiger partial charge on any atom is 0.409 e. The van der Waals surface area contributed by atoms with E-state index in [0.717, 1.165) is 22.4 Å². The predicted molar refractivity (Wildman–Crippen MR) is 106 cm³/mol. The maximum atomic E-state index is 12.0. The summed E-state index contributed by atoms with van der Waals surface area (Å²) >= 11 is 0. The number of nitrogens with zero attached hydrogens (tertiary/aromatic N) is 3. The Balaban J connectivity index is 1.80. The second kappa shape index (κ2) is 7.90. The Bertz CT molecular complexity index is 992. The number of nitro benzene ring substituents is 1. The number of ether oxygens (including phenoxy) is 2. The first kappa shape index (κ1) is 18.9. The molecule has 1 aromatic carbocycles. The van der Waals surface area contributed by atoms with Gasteiger partial charge in [0.25, 0.3) is 5.69 Å². The van der Waals surface area contributed by atoms with Crippen molar-refractivity contribution in [2.45, 2.75) is 26.4 Å². The van der Waals surface area contributed by atoms with Crippen molar-refractivity contribution < 1.29 is 19.2 Å². The summed E-state index contributed by atoms with van der Waals surface area (Å²) in [5.74, 6) is 0.601. The minimum absolute atomic E-state index is 0.00814. The van der Waals surface area contributed by atoms with Crippen LogP contribution in [0.4, 0.5) is 10.5 Å². The third-order valence-corrected chi connectivity index (χ3v) is 5.20. The maximum absolute atomic E-state index is 12.0. The smallest absolute Gasteiger partial charge is 0.409 e. The largest absolute Gasteiger partial charge is 0.488 e. The van der Waals surface area contributed by atoms with Crippen molar-refractivity contribution in [2.75, 3.05) is 19.7 Å². The van der Waals surface area contributed by atoms with Gasteiger partial charge in [-0.25, -0.2) is 4.79 Å². The number of carbonyl (C=O) groups excluding carboxylic acids is 1. The Kier molecular flexibility index (Phi) is 5.16. The zero-order valence-corrected chi connectivity index (χ0v) is 16.1. The van der Waals surface area contributed by atoms with E-state index in [2.05, 4.69) is 4.98 Å². The fourth-order valence-electron chi connectivity index (χ4n) is 3.80. The summed E-state index contributed by atoms with van der Waals surface area (Å²) in [6, 6.07) is 8.46. The van der Waals surface area contributed by atoms with Crippen LogP contribution in [-0.4, -0.2) is 40.6 Å². The average molecular weight is 395 g/mol. The molecule has 2 aliphatic heterocycles. The monoisotopic (exact) mass is 395 g/mol. The predicted octanol–water partition coefficient (Wildman–Crippen LogP) is 3.94. The van der Waals surface area contributed by atoms with E-state index < -0.39 is 4.92 Å². The Morgan fingerprint density at radius 2 is 2.10 bits per heavy atom. The van der Waals surface area contributed by atoms with E-state index in [0.29, 0.717) is 50.5 Å². The molecule has 0 atom stereocenters. The molecule has 0 bridgehead atoms. The van der Waals surface area contributed by atoms with Gasteiger partial charge < -0.3 is 14.4 Å². The molecule has 8 heteroatoms. The van der Waals surface area contributed by atoms with Crippen LogP contribution in [0.25, 0.3) is 5.57 Å². The van der Waals surface area contributed by atoms with Crippen LogP contribution in [0.3, 0.4) is 0 Å². The molecule has 0 radical (unpaired) electrons. The number of hydrogen-bond donors (Lipinski definition) is 0. The molecule has 0 N–H and O–H groups in total. The molecular weight excluding hydrogens is 374 g/mol. The lowest BCUT2D eigenvalue weighted by molar-refractivity contribution is -0.384. The van der Waals surface area contributed by atoms with Gasteiger partial charge >= 0.3 is 6.09 Å². The van der Waals surface area contributed by atoms with Gasteiger partial charge in [-0.15, -0.1) is 0 Å². The number of piperidine rings is 1. The molecule has 1 fully saturated rings. The van der Waals surface area contributed by atoms with Gasteiger partial charge in [0, 0.05) is 48.1 Å². The normalized spacial score (nSPS) is 15.7. The van der Waals surface area contributed by atoms with Crippen molar-refractivity contribution in [3.05, 3.63) is 69.0 Å². The first-order chi connectivity index (χ1) is 14.1. The molecule has 0 spiro atoms. The molecule has 1 aromatic heterocycles. The number of benzene rings is 1. The summed E-state index contributed by atoms with van der Waals surface area (Å²) in [4.78, 5) is 29.3. The fraction of sp³-hybridized carbons (Fsp3) is 0.333. The van der Waals surface area contributed by atoms with Crippen molar-refractivity contribution in [3.63, 3.8) is 0 Å². The quantitative estimate of drug-likeness (QED) is 0.565. The van der Waals surface area contributed by atoms with Gasteiger partial charge in [-0.1, -0.05) is 11.6 Å². The molecule has 150 valence electrons. The van der Waals surface area contributed by atoms with Crippen molar-refractivity contribution >= 4 is 17.4 Å². The van der Waals surface area contributed by atoms with Gasteiger partial charge in [-0.2, -0.15) is 0 Å². The van der Waals surface area contributed by atoms with E-state index in [4.69, 9.17) is 9.47 Å². The third-order valence-electron chi connectivity index (χ3n) is 5.20. The molecule has 2 aromatic rings. The molecule has 0 saturated carbocycles. The molecule has 3 heterocycles. The molecule has 8 nitrogen and oxygen atoms in total. The topological polar surface area (TPSA) is 94.8 Å². The van der Waals surface area contributed by atoms with Gasteiger partial charge in [0.15, 0.2) is 0 Å². The van der Waals surface area contributed by atoms with E-state index in [1.807, 2.05) is 12.1 Å². The summed E-state index contributed by atoms with van der Waals surface area (Å²) in [7, 11) is 0. The highest BCUT2D eigenvalue weighted by Gasteiger charge is 2.28. The first-order valence-electron chi connectivity index (χ1n) is 9.58. The number of pyridine rings is 1. The van der Waals surface area contributed by atoms with Crippen LogP contribution in [-0.2, 0) is 11.3 Å². The van der Waals surface area contributed by atoms with Gasteiger partial charge in [0.2, 0.25) is 0 Å². The van der Waals surface area contributed by atoms with Gasteiger partial charge in [-0.05, 0) is 31.9 Å². The number of carbonyl (C=O) groups is 1. The lowest BCUT2D eigenvalue weighted by Crippen LogP contribution is -2.37. The zero-order chi connectivity index (χ0) is 20.4. The van der Waals surface area contributed by atoms with Crippen molar-refractivity contribution in [3.8, 4) is 5.75 Å². The number of rotatable bonds is 2. The standard InChI is InChI=1S/C21H21N3O5/c1-2-28-21(25)23-10-7-14(8-11-23)19-17-12-16(24(26)27)5-6-18(17)29-13-15-4-3-9-22-20(15)19/h3-6,9,12H,2,7-8,10-11,13H2,1H3. The lowest BCUT2D eigenvalue weighted by Gasteiger charge is -2.29. The highest BCUT2D eigenvalue weighted by molar-refractivity contribution is 5.86. The van der Waals surface area contributed by atoms with E-state index in [1.165, 1.54) is 6.07 Å². The number of fused-ring (bicyclic) bond motifs is 2. The number of aromatic nitrogens is 1. The van der Waals surface area contributed by atoms with Gasteiger partial charge in [-0.3, -0.25) is 15.1 Å². The summed E-state index contributed by atoms with van der Waals surface area (Å²) in [6.07, 6.45) is 2.70. The lowest BCUT2D eigenvalue weighted by atomic mass is 9.89. The third kappa shape index (κ3) is 3.65. The molecule has 4 rings (SSSR count). The summed E-state index contributed by atoms with van der Waals surface area (Å²) < 4.78 is 11.0. The molecule has 1 amide bonds. The molecule has 0 aliphatic carbocycles. The van der Waals surface area contributed by atoms with E-state index in [9.17, 15) is 14.9 Å². The van der Waals surface area contributed by atoms with E-state index in [1.54, 1.807) is 30.2 Å². The van der Waals surface area contributed by atoms with Gasteiger partial charge in [0.1, 0.15) is 12.4 Å². The number of nitro groups is 1. The van der Waals surface area contributed by atoms with Crippen molar-refractivity contribution in [2.24, 2.45) is 0 Å². The number of non-ortho nitro benzene ring substituents is 1.